The van der Waals surface area contributed by atoms with Crippen LogP contribution in [0, 0.1) is 11.7 Å². The van der Waals surface area contributed by atoms with Gasteiger partial charge in [-0.25, -0.2) is 4.39 Å². The highest BCUT2D eigenvalue weighted by molar-refractivity contribution is 5.76. The van der Waals surface area contributed by atoms with Gasteiger partial charge in [-0.15, -0.1) is 0 Å². The summed E-state index contributed by atoms with van der Waals surface area (Å²) in [4.78, 5) is 20.8. The molecule has 2 aromatic rings. The van der Waals surface area contributed by atoms with E-state index in [1.807, 2.05) is 36.2 Å². The first kappa shape index (κ1) is 20.5. The van der Waals surface area contributed by atoms with E-state index in [-0.39, 0.29) is 11.7 Å². The zero-order valence-electron chi connectivity index (χ0n) is 16.7. The van der Waals surface area contributed by atoms with Crippen LogP contribution < -0.4 is 0 Å². The number of nitrogens with zero attached hydrogens (tertiary/aromatic N) is 3. The van der Waals surface area contributed by atoms with Gasteiger partial charge in [-0.05, 0) is 67.5 Å². The first-order valence-corrected chi connectivity index (χ1v) is 10.2. The molecule has 1 fully saturated rings. The number of amides is 1. The van der Waals surface area contributed by atoms with Crippen molar-refractivity contribution in [2.45, 2.75) is 32.1 Å². The second kappa shape index (κ2) is 10.3. The fourth-order valence-electron chi connectivity index (χ4n) is 3.96. The monoisotopic (exact) mass is 383 g/mol. The lowest BCUT2D eigenvalue weighted by atomic mass is 9.96. The number of carbonyl (C=O) groups excluding carboxylic acids is 1. The van der Waals surface area contributed by atoms with Crippen LogP contribution in [0.15, 0.2) is 48.8 Å². The third-order valence-electron chi connectivity index (χ3n) is 5.59. The van der Waals surface area contributed by atoms with Gasteiger partial charge in [-0.2, -0.15) is 0 Å². The summed E-state index contributed by atoms with van der Waals surface area (Å²) in [5.41, 5.74) is 1.93. The third kappa shape index (κ3) is 6.13. The Hall–Kier alpha value is -2.27. The maximum Gasteiger partial charge on any atom is 0.222 e. The fourth-order valence-corrected chi connectivity index (χ4v) is 3.96. The summed E-state index contributed by atoms with van der Waals surface area (Å²) in [6.45, 7) is 3.71. The fraction of sp³-hybridized carbons (Fsp3) is 0.478. The van der Waals surface area contributed by atoms with E-state index >= 15 is 0 Å². The Morgan fingerprint density at radius 2 is 2.00 bits per heavy atom. The Balaban J connectivity index is 1.42. The molecule has 1 atom stereocenters. The Labute approximate surface area is 167 Å². The van der Waals surface area contributed by atoms with Crippen molar-refractivity contribution < 1.29 is 9.18 Å². The Kier molecular flexibility index (Phi) is 7.54. The van der Waals surface area contributed by atoms with E-state index in [1.54, 1.807) is 18.5 Å². The molecule has 150 valence electrons. The summed E-state index contributed by atoms with van der Waals surface area (Å²) < 4.78 is 13.8. The molecular weight excluding hydrogens is 353 g/mol. The molecule has 0 aliphatic carbocycles. The van der Waals surface area contributed by atoms with Crippen LogP contribution in [0.2, 0.25) is 0 Å². The van der Waals surface area contributed by atoms with Crippen molar-refractivity contribution >= 4 is 5.91 Å². The zero-order chi connectivity index (χ0) is 19.8. The summed E-state index contributed by atoms with van der Waals surface area (Å²) >= 11 is 0. The third-order valence-corrected chi connectivity index (χ3v) is 5.59. The molecule has 0 bridgehead atoms. The highest BCUT2D eigenvalue weighted by Gasteiger charge is 2.22. The minimum absolute atomic E-state index is 0.115. The number of benzene rings is 1. The number of aryl methyl sites for hydroxylation is 1. The van der Waals surface area contributed by atoms with Crippen molar-refractivity contribution in [2.75, 3.05) is 33.2 Å². The van der Waals surface area contributed by atoms with E-state index in [9.17, 15) is 9.18 Å². The van der Waals surface area contributed by atoms with Gasteiger partial charge in [0.1, 0.15) is 5.82 Å². The van der Waals surface area contributed by atoms with E-state index in [0.29, 0.717) is 12.3 Å². The summed E-state index contributed by atoms with van der Waals surface area (Å²) in [7, 11) is 1.91. The predicted molar refractivity (Wildman–Crippen MR) is 109 cm³/mol. The predicted octanol–water partition coefficient (Wildman–Crippen LogP) is 3.57. The van der Waals surface area contributed by atoms with Crippen LogP contribution in [0.3, 0.4) is 0 Å². The summed E-state index contributed by atoms with van der Waals surface area (Å²) in [6.07, 6.45) is 7.84. The Bertz CT molecular complexity index is 753. The molecule has 1 amide bonds. The first-order valence-electron chi connectivity index (χ1n) is 10.2. The number of halogens is 1. The molecule has 0 radical (unpaired) electrons. The molecule has 0 saturated carbocycles. The van der Waals surface area contributed by atoms with Crippen LogP contribution in [-0.4, -0.2) is 53.9 Å². The van der Waals surface area contributed by atoms with Gasteiger partial charge in [0.15, 0.2) is 0 Å². The number of hydrogen-bond acceptors (Lipinski definition) is 3. The van der Waals surface area contributed by atoms with Crippen LogP contribution >= 0.6 is 0 Å². The first-order chi connectivity index (χ1) is 13.6. The summed E-state index contributed by atoms with van der Waals surface area (Å²) in [5, 5.41) is 0. The maximum absolute atomic E-state index is 13.8. The molecule has 0 unspecified atom stereocenters. The maximum atomic E-state index is 13.8. The Morgan fingerprint density at radius 3 is 2.79 bits per heavy atom. The number of rotatable bonds is 8. The van der Waals surface area contributed by atoms with Gasteiger partial charge in [0.25, 0.3) is 0 Å². The number of pyridine rings is 1. The molecule has 4 nitrogen and oxygen atoms in total. The lowest BCUT2D eigenvalue weighted by Gasteiger charge is -2.34. The van der Waals surface area contributed by atoms with Crippen molar-refractivity contribution in [3.63, 3.8) is 0 Å². The quantitative estimate of drug-likeness (QED) is 0.699. The van der Waals surface area contributed by atoms with Crippen LogP contribution in [0.1, 0.15) is 30.4 Å². The summed E-state index contributed by atoms with van der Waals surface area (Å²) in [5.74, 6) is 0.570. The molecule has 0 N–H and O–H groups in total. The lowest BCUT2D eigenvalue weighted by Crippen LogP contribution is -2.42. The number of piperidine rings is 1. The van der Waals surface area contributed by atoms with Crippen LogP contribution in [0.4, 0.5) is 4.39 Å². The normalized spacial score (nSPS) is 17.4. The molecule has 1 aliphatic rings. The van der Waals surface area contributed by atoms with Gasteiger partial charge < -0.3 is 9.80 Å². The second-order valence-electron chi connectivity index (χ2n) is 7.78. The minimum Gasteiger partial charge on any atom is -0.345 e. The smallest absolute Gasteiger partial charge is 0.222 e. The van der Waals surface area contributed by atoms with E-state index < -0.39 is 0 Å². The molecule has 1 aromatic heterocycles. The molecule has 3 rings (SSSR count). The zero-order valence-corrected chi connectivity index (χ0v) is 16.7. The lowest BCUT2D eigenvalue weighted by molar-refractivity contribution is -0.130. The van der Waals surface area contributed by atoms with Crippen molar-refractivity contribution in [1.82, 2.24) is 14.8 Å². The van der Waals surface area contributed by atoms with Gasteiger partial charge >= 0.3 is 0 Å². The molecule has 0 spiro atoms. The molecule has 5 heteroatoms. The van der Waals surface area contributed by atoms with Gasteiger partial charge in [0, 0.05) is 45.5 Å². The van der Waals surface area contributed by atoms with E-state index in [4.69, 9.17) is 0 Å². The number of aromatic nitrogens is 1. The largest absolute Gasteiger partial charge is 0.345 e. The van der Waals surface area contributed by atoms with Gasteiger partial charge in [0.05, 0.1) is 0 Å². The highest BCUT2D eigenvalue weighted by atomic mass is 19.1. The van der Waals surface area contributed by atoms with E-state index in [1.165, 1.54) is 6.07 Å². The number of hydrogen-bond donors (Lipinski definition) is 0. The van der Waals surface area contributed by atoms with Crippen molar-refractivity contribution in [3.05, 3.63) is 65.7 Å². The number of likely N-dealkylation sites (tertiary alicyclic amines) is 1. The standard InChI is InChI=1S/C23H30FN3O/c1-26(23(28)9-8-19-10-13-25-14-11-19)17-20-5-4-15-27(18-20)16-12-21-6-2-3-7-22(21)24/h2-3,6-7,10-11,13-14,20H,4-5,8-9,12,15-18H2,1H3/t20-/m1/s1. The van der Waals surface area contributed by atoms with Crippen LogP contribution in [0.5, 0.6) is 0 Å². The van der Waals surface area contributed by atoms with Crippen molar-refractivity contribution in [2.24, 2.45) is 5.92 Å². The highest BCUT2D eigenvalue weighted by Crippen LogP contribution is 2.19. The average Bonchev–Trinajstić information content (AvgIpc) is 2.72. The second-order valence-corrected chi connectivity index (χ2v) is 7.78. The van der Waals surface area contributed by atoms with Crippen molar-refractivity contribution in [1.29, 1.82) is 0 Å². The van der Waals surface area contributed by atoms with E-state index in [2.05, 4.69) is 9.88 Å². The SMILES string of the molecule is CN(C[C@H]1CCCN(CCc2ccccc2F)C1)C(=O)CCc1ccncc1. The van der Waals surface area contributed by atoms with Crippen molar-refractivity contribution in [3.8, 4) is 0 Å². The van der Waals surface area contributed by atoms with E-state index in [0.717, 1.165) is 63.0 Å². The van der Waals surface area contributed by atoms with Crippen LogP contribution in [-0.2, 0) is 17.6 Å². The Morgan fingerprint density at radius 1 is 1.21 bits per heavy atom. The average molecular weight is 384 g/mol. The molecule has 1 saturated heterocycles. The van der Waals surface area contributed by atoms with Gasteiger partial charge in [0.2, 0.25) is 5.91 Å². The number of carbonyl (C=O) groups is 1. The molecule has 1 aromatic carbocycles. The van der Waals surface area contributed by atoms with Gasteiger partial charge in [-0.1, -0.05) is 18.2 Å². The topological polar surface area (TPSA) is 36.4 Å². The molecule has 2 heterocycles. The minimum atomic E-state index is -0.115. The molecular formula is C23H30FN3O. The molecule has 28 heavy (non-hydrogen) atoms. The summed E-state index contributed by atoms with van der Waals surface area (Å²) in [6, 6.07) is 10.9. The van der Waals surface area contributed by atoms with Gasteiger partial charge in [-0.3, -0.25) is 9.78 Å². The molecule has 1 aliphatic heterocycles. The van der Waals surface area contributed by atoms with Crippen LogP contribution in [0.25, 0.3) is 0 Å².